The molecule has 0 saturated carbocycles. The van der Waals surface area contributed by atoms with Crippen LogP contribution in [-0.2, 0) is 0 Å². The summed E-state index contributed by atoms with van der Waals surface area (Å²) in [6, 6.07) is 8.53. The van der Waals surface area contributed by atoms with E-state index in [1.54, 1.807) is 23.2 Å². The molecule has 3 rings (SSSR count). The van der Waals surface area contributed by atoms with Crippen molar-refractivity contribution in [3.05, 3.63) is 70.0 Å². The van der Waals surface area contributed by atoms with Gasteiger partial charge in [0.25, 0.3) is 11.6 Å². The normalized spacial score (nSPS) is 13.5. The fourth-order valence-corrected chi connectivity index (χ4v) is 2.46. The molecular formula is C16H13N5O5. The van der Waals surface area contributed by atoms with Crippen LogP contribution in [0.15, 0.2) is 48.7 Å². The van der Waals surface area contributed by atoms with E-state index < -0.39 is 16.8 Å². The lowest BCUT2D eigenvalue weighted by Gasteiger charge is -2.31. The summed E-state index contributed by atoms with van der Waals surface area (Å²) in [7, 11) is 0. The number of hydrogen-bond acceptors (Lipinski definition) is 7. The lowest BCUT2D eigenvalue weighted by Crippen LogP contribution is -2.43. The van der Waals surface area contributed by atoms with E-state index in [1.165, 1.54) is 35.2 Å². The number of nitro groups is 1. The highest BCUT2D eigenvalue weighted by Crippen LogP contribution is 2.22. The van der Waals surface area contributed by atoms with Crippen molar-refractivity contribution in [2.24, 2.45) is 0 Å². The van der Waals surface area contributed by atoms with Crippen LogP contribution < -0.4 is 4.90 Å². The molecule has 10 heteroatoms. The number of hydrogen-bond donors (Lipinski definition) is 1. The van der Waals surface area contributed by atoms with E-state index in [0.29, 0.717) is 5.82 Å². The smallest absolute Gasteiger partial charge is 0.356 e. The molecule has 1 aliphatic rings. The lowest BCUT2D eigenvalue weighted by molar-refractivity contribution is -0.385. The molecular weight excluding hydrogens is 342 g/mol. The molecule has 2 aromatic rings. The van der Waals surface area contributed by atoms with Crippen LogP contribution in [0, 0.1) is 10.1 Å². The number of aromatic carboxylic acids is 1. The van der Waals surface area contributed by atoms with Crippen LogP contribution in [0.2, 0.25) is 0 Å². The molecule has 1 aromatic heterocycles. The standard InChI is InChI=1S/C16H13N5O5/c22-15(11-4-1-2-5-13(11)21(25)26)20-9-3-8-19(10-20)14-7-6-12(16(23)24)17-18-14/h1-8H,9-10H2,(H,23,24). The van der Waals surface area contributed by atoms with Crippen LogP contribution in [0.1, 0.15) is 20.8 Å². The van der Waals surface area contributed by atoms with Gasteiger partial charge in [-0.15, -0.1) is 10.2 Å². The van der Waals surface area contributed by atoms with Crippen LogP contribution in [-0.4, -0.2) is 50.2 Å². The number of carboxylic acid groups (broad SMARTS) is 1. The van der Waals surface area contributed by atoms with Gasteiger partial charge in [0.1, 0.15) is 5.56 Å². The van der Waals surface area contributed by atoms with E-state index in [1.807, 2.05) is 0 Å². The molecule has 0 unspecified atom stereocenters. The Kier molecular flexibility index (Phi) is 4.56. The quantitative estimate of drug-likeness (QED) is 0.645. The number of nitro benzene ring substituents is 1. The van der Waals surface area contributed by atoms with Gasteiger partial charge in [-0.2, -0.15) is 0 Å². The van der Waals surface area contributed by atoms with E-state index in [0.717, 1.165) is 0 Å². The summed E-state index contributed by atoms with van der Waals surface area (Å²) in [5, 5.41) is 27.4. The van der Waals surface area contributed by atoms with Crippen molar-refractivity contribution in [2.45, 2.75) is 0 Å². The topological polar surface area (TPSA) is 130 Å². The van der Waals surface area contributed by atoms with Gasteiger partial charge in [-0.3, -0.25) is 14.9 Å². The number of nitrogens with zero attached hydrogens (tertiary/aromatic N) is 5. The largest absolute Gasteiger partial charge is 0.476 e. The number of aromatic nitrogens is 2. The minimum absolute atomic E-state index is 0.0000549. The molecule has 0 aliphatic carbocycles. The monoisotopic (exact) mass is 355 g/mol. The van der Waals surface area contributed by atoms with Gasteiger partial charge in [0, 0.05) is 18.8 Å². The van der Waals surface area contributed by atoms with Crippen molar-refractivity contribution in [1.82, 2.24) is 15.1 Å². The molecule has 0 radical (unpaired) electrons. The first kappa shape index (κ1) is 17.0. The van der Waals surface area contributed by atoms with Gasteiger partial charge in [0.15, 0.2) is 11.5 Å². The Morgan fingerprint density at radius 3 is 2.58 bits per heavy atom. The van der Waals surface area contributed by atoms with E-state index in [-0.39, 0.29) is 30.2 Å². The molecule has 1 amide bonds. The van der Waals surface area contributed by atoms with Crippen molar-refractivity contribution >= 4 is 23.4 Å². The summed E-state index contributed by atoms with van der Waals surface area (Å²) in [4.78, 5) is 37.1. The molecule has 10 nitrogen and oxygen atoms in total. The van der Waals surface area contributed by atoms with Crippen molar-refractivity contribution in [2.75, 3.05) is 18.1 Å². The predicted molar refractivity (Wildman–Crippen MR) is 89.6 cm³/mol. The molecule has 0 spiro atoms. The van der Waals surface area contributed by atoms with Crippen LogP contribution in [0.4, 0.5) is 11.5 Å². The second-order valence-electron chi connectivity index (χ2n) is 5.38. The molecule has 1 aromatic carbocycles. The van der Waals surface area contributed by atoms with E-state index in [9.17, 15) is 19.7 Å². The van der Waals surface area contributed by atoms with Gasteiger partial charge in [-0.05, 0) is 24.3 Å². The molecule has 0 fully saturated rings. The van der Waals surface area contributed by atoms with Gasteiger partial charge < -0.3 is 14.9 Å². The maximum atomic E-state index is 12.7. The Labute approximate surface area is 147 Å². The van der Waals surface area contributed by atoms with Crippen molar-refractivity contribution in [3.8, 4) is 0 Å². The minimum atomic E-state index is -1.19. The van der Waals surface area contributed by atoms with E-state index in [4.69, 9.17) is 5.11 Å². The second kappa shape index (κ2) is 6.97. The second-order valence-corrected chi connectivity index (χ2v) is 5.38. The number of carboxylic acids is 1. The number of amides is 1. The number of benzene rings is 1. The van der Waals surface area contributed by atoms with Crippen LogP contribution in [0.5, 0.6) is 0 Å². The van der Waals surface area contributed by atoms with Gasteiger partial charge in [-0.1, -0.05) is 12.1 Å². The van der Waals surface area contributed by atoms with Gasteiger partial charge in [0.2, 0.25) is 0 Å². The summed E-state index contributed by atoms with van der Waals surface area (Å²) in [6.45, 7) is 0.379. The molecule has 0 saturated heterocycles. The Bertz CT molecular complexity index is 896. The summed E-state index contributed by atoms with van der Waals surface area (Å²) < 4.78 is 0. The number of rotatable bonds is 4. The third-order valence-electron chi connectivity index (χ3n) is 3.72. The summed E-state index contributed by atoms with van der Waals surface area (Å²) in [6.07, 6.45) is 3.39. The lowest BCUT2D eigenvalue weighted by atomic mass is 10.1. The molecule has 0 atom stereocenters. The maximum absolute atomic E-state index is 12.7. The first-order chi connectivity index (χ1) is 12.5. The zero-order valence-electron chi connectivity index (χ0n) is 13.3. The summed E-state index contributed by atoms with van der Waals surface area (Å²) in [5.41, 5.74) is -0.452. The molecule has 2 heterocycles. The zero-order valence-corrected chi connectivity index (χ0v) is 13.3. The van der Waals surface area contributed by atoms with E-state index in [2.05, 4.69) is 10.2 Å². The van der Waals surface area contributed by atoms with Crippen LogP contribution >= 0.6 is 0 Å². The first-order valence-electron chi connectivity index (χ1n) is 7.50. The van der Waals surface area contributed by atoms with Crippen molar-refractivity contribution < 1.29 is 19.6 Å². The van der Waals surface area contributed by atoms with Crippen molar-refractivity contribution in [1.29, 1.82) is 0 Å². The fourth-order valence-electron chi connectivity index (χ4n) is 2.46. The average Bonchev–Trinajstić information content (AvgIpc) is 2.67. The minimum Gasteiger partial charge on any atom is -0.476 e. The zero-order chi connectivity index (χ0) is 18.7. The van der Waals surface area contributed by atoms with Gasteiger partial charge in [-0.25, -0.2) is 4.79 Å². The van der Waals surface area contributed by atoms with Gasteiger partial charge >= 0.3 is 5.97 Å². The molecule has 132 valence electrons. The fraction of sp³-hybridized carbons (Fsp3) is 0.125. The average molecular weight is 355 g/mol. The third kappa shape index (κ3) is 3.34. The third-order valence-corrected chi connectivity index (χ3v) is 3.72. The summed E-state index contributed by atoms with van der Waals surface area (Å²) >= 11 is 0. The SMILES string of the molecule is O=C(O)c1ccc(N2C=CCN(C(=O)c3ccccc3[N+](=O)[O-])C2)nn1. The van der Waals surface area contributed by atoms with Gasteiger partial charge in [0.05, 0.1) is 11.6 Å². The Morgan fingerprint density at radius 2 is 1.92 bits per heavy atom. The van der Waals surface area contributed by atoms with Crippen molar-refractivity contribution in [3.63, 3.8) is 0 Å². The molecule has 1 N–H and O–H groups in total. The van der Waals surface area contributed by atoms with Crippen LogP contribution in [0.25, 0.3) is 0 Å². The number of para-hydroxylation sites is 1. The van der Waals surface area contributed by atoms with E-state index >= 15 is 0 Å². The highest BCUT2D eigenvalue weighted by molar-refractivity contribution is 5.98. The number of carbonyl (C=O) groups excluding carboxylic acids is 1. The highest BCUT2D eigenvalue weighted by Gasteiger charge is 2.26. The Balaban J connectivity index is 1.81. The number of carbonyl (C=O) groups is 2. The first-order valence-corrected chi connectivity index (χ1v) is 7.50. The molecule has 1 aliphatic heterocycles. The molecule has 0 bridgehead atoms. The maximum Gasteiger partial charge on any atom is 0.356 e. The number of anilines is 1. The summed E-state index contributed by atoms with van der Waals surface area (Å²) in [5.74, 6) is -1.32. The Hall–Kier alpha value is -3.82. The highest BCUT2D eigenvalue weighted by atomic mass is 16.6. The molecule has 26 heavy (non-hydrogen) atoms. The predicted octanol–water partition coefficient (Wildman–Crippen LogP) is 1.52. The van der Waals surface area contributed by atoms with Crippen LogP contribution in [0.3, 0.4) is 0 Å². The Morgan fingerprint density at radius 1 is 1.15 bits per heavy atom.